The average Bonchev–Trinajstić information content (AvgIpc) is 3.29. The second kappa shape index (κ2) is 9.69. The number of carbonyl (C=O) groups is 1. The second-order valence-corrected chi connectivity index (χ2v) is 8.90. The van der Waals surface area contributed by atoms with E-state index >= 15 is 0 Å². The third kappa shape index (κ3) is 4.51. The number of halogens is 2. The molecule has 1 saturated heterocycles. The summed E-state index contributed by atoms with van der Waals surface area (Å²) in [5.41, 5.74) is 3.23. The summed E-state index contributed by atoms with van der Waals surface area (Å²) < 4.78 is 19.4. The van der Waals surface area contributed by atoms with Crippen molar-refractivity contribution in [1.82, 2.24) is 19.9 Å². The molecule has 1 amide bonds. The Morgan fingerprint density at radius 1 is 1.29 bits per heavy atom. The zero-order valence-corrected chi connectivity index (χ0v) is 19.2. The van der Waals surface area contributed by atoms with Gasteiger partial charge in [-0.25, -0.2) is 14.4 Å². The molecule has 0 aliphatic carbocycles. The predicted molar refractivity (Wildman–Crippen MR) is 125 cm³/mol. The summed E-state index contributed by atoms with van der Waals surface area (Å²) >= 11 is 5.79. The topological polar surface area (TPSA) is 103 Å². The summed E-state index contributed by atoms with van der Waals surface area (Å²) in [4.78, 5) is 27.2. The third-order valence-electron chi connectivity index (χ3n) is 6.36. The number of fused-ring (bicyclic) bond motifs is 1. The number of benzene rings is 1. The first-order chi connectivity index (χ1) is 16.5. The Kier molecular flexibility index (Phi) is 6.49. The van der Waals surface area contributed by atoms with Crippen LogP contribution in [0.2, 0.25) is 5.02 Å². The highest BCUT2D eigenvalue weighted by molar-refractivity contribution is 6.30. The molecule has 2 aromatic heterocycles. The van der Waals surface area contributed by atoms with Crippen LogP contribution in [0.3, 0.4) is 0 Å². The Morgan fingerprint density at radius 3 is 2.88 bits per heavy atom. The van der Waals surface area contributed by atoms with Crippen molar-refractivity contribution in [2.45, 2.75) is 31.3 Å². The molecule has 3 N–H and O–H groups in total. The van der Waals surface area contributed by atoms with Crippen LogP contribution in [0.5, 0.6) is 0 Å². The Hall–Kier alpha value is -3.01. The molecule has 3 aromatic rings. The standard InChI is InChI=1S/C24H25ClFN5O3/c25-17-2-1-14(11-18(17)26)22(13-32)31-8-4-19-16(23(31)33)12-21(29-19)20-3-7-27-24(30-20)28-15-5-9-34-10-6-15/h1-3,7,11-12,15,22,29,32H,4-6,8-10,13H2,(H,27,28,30)/t22-/m1/s1. The minimum atomic E-state index is -0.667. The molecule has 0 spiro atoms. The number of aliphatic hydroxyl groups excluding tert-OH is 1. The number of nitrogens with zero attached hydrogens (tertiary/aromatic N) is 3. The van der Waals surface area contributed by atoms with Crippen molar-refractivity contribution in [2.75, 3.05) is 31.7 Å². The van der Waals surface area contributed by atoms with Crippen molar-refractivity contribution in [1.29, 1.82) is 0 Å². The molecule has 34 heavy (non-hydrogen) atoms. The SMILES string of the molecule is O=C1c2cc(-c3ccnc(NC4CCOCC4)n3)[nH]c2CCN1[C@H](CO)c1ccc(Cl)c(F)c1. The fourth-order valence-electron chi connectivity index (χ4n) is 4.52. The summed E-state index contributed by atoms with van der Waals surface area (Å²) in [6.07, 6.45) is 4.07. The van der Waals surface area contributed by atoms with Crippen molar-refractivity contribution in [3.8, 4) is 11.4 Å². The first-order valence-corrected chi connectivity index (χ1v) is 11.7. The zero-order chi connectivity index (χ0) is 23.7. The van der Waals surface area contributed by atoms with Crippen LogP contribution in [0.1, 0.15) is 40.5 Å². The lowest BCUT2D eigenvalue weighted by molar-refractivity contribution is 0.0569. The van der Waals surface area contributed by atoms with Gasteiger partial charge in [0.05, 0.1) is 34.6 Å². The van der Waals surface area contributed by atoms with Crippen LogP contribution in [0.4, 0.5) is 10.3 Å². The van der Waals surface area contributed by atoms with Gasteiger partial charge in [0.1, 0.15) is 5.82 Å². The molecule has 1 fully saturated rings. The van der Waals surface area contributed by atoms with E-state index in [0.29, 0.717) is 35.7 Å². The molecule has 1 aromatic carbocycles. The number of carbonyl (C=O) groups excluding carboxylic acids is 1. The monoisotopic (exact) mass is 485 g/mol. The highest BCUT2D eigenvalue weighted by Gasteiger charge is 2.32. The van der Waals surface area contributed by atoms with Crippen molar-refractivity contribution < 1.29 is 19.0 Å². The first-order valence-electron chi connectivity index (χ1n) is 11.3. The minimum Gasteiger partial charge on any atom is -0.394 e. The van der Waals surface area contributed by atoms with Crippen molar-refractivity contribution in [3.05, 3.63) is 64.2 Å². The molecule has 0 unspecified atom stereocenters. The number of nitrogens with one attached hydrogen (secondary N) is 2. The summed E-state index contributed by atoms with van der Waals surface area (Å²) in [7, 11) is 0. The smallest absolute Gasteiger partial charge is 0.256 e. The van der Waals surface area contributed by atoms with Gasteiger partial charge in [-0.2, -0.15) is 0 Å². The van der Waals surface area contributed by atoms with E-state index in [4.69, 9.17) is 16.3 Å². The van der Waals surface area contributed by atoms with Crippen LogP contribution in [0, 0.1) is 5.82 Å². The normalized spacial score (nSPS) is 17.5. The molecule has 4 heterocycles. The van der Waals surface area contributed by atoms with Gasteiger partial charge in [0, 0.05) is 44.1 Å². The van der Waals surface area contributed by atoms with Crippen LogP contribution < -0.4 is 5.32 Å². The molecule has 2 aliphatic rings. The lowest BCUT2D eigenvalue weighted by Crippen LogP contribution is -2.41. The molecule has 2 aliphatic heterocycles. The van der Waals surface area contributed by atoms with Crippen molar-refractivity contribution in [2.24, 2.45) is 0 Å². The van der Waals surface area contributed by atoms with Gasteiger partial charge in [-0.05, 0) is 42.7 Å². The summed E-state index contributed by atoms with van der Waals surface area (Å²) in [5, 5.41) is 13.4. The van der Waals surface area contributed by atoms with Gasteiger partial charge in [-0.1, -0.05) is 17.7 Å². The molecular weight excluding hydrogens is 461 g/mol. The second-order valence-electron chi connectivity index (χ2n) is 8.49. The van der Waals surface area contributed by atoms with Gasteiger partial charge in [0.25, 0.3) is 5.91 Å². The van der Waals surface area contributed by atoms with Crippen LogP contribution in [-0.2, 0) is 11.2 Å². The van der Waals surface area contributed by atoms with Gasteiger partial charge in [-0.15, -0.1) is 0 Å². The van der Waals surface area contributed by atoms with Gasteiger partial charge < -0.3 is 25.0 Å². The molecular formula is C24H25ClFN5O3. The van der Waals surface area contributed by atoms with Crippen LogP contribution in [0.15, 0.2) is 36.5 Å². The predicted octanol–water partition coefficient (Wildman–Crippen LogP) is 3.59. The maximum absolute atomic E-state index is 14.0. The minimum absolute atomic E-state index is 0.00139. The maximum Gasteiger partial charge on any atom is 0.256 e. The van der Waals surface area contributed by atoms with Gasteiger partial charge in [-0.3, -0.25) is 4.79 Å². The summed E-state index contributed by atoms with van der Waals surface area (Å²) in [6.45, 7) is 1.50. The van der Waals surface area contributed by atoms with E-state index in [1.165, 1.54) is 12.1 Å². The molecule has 1 atom stereocenters. The number of amides is 1. The van der Waals surface area contributed by atoms with Crippen LogP contribution in [-0.4, -0.2) is 63.3 Å². The lowest BCUT2D eigenvalue weighted by atomic mass is 10.0. The van der Waals surface area contributed by atoms with Crippen molar-refractivity contribution >= 4 is 23.5 Å². The highest BCUT2D eigenvalue weighted by Crippen LogP contribution is 2.31. The number of aromatic nitrogens is 3. The molecule has 0 bridgehead atoms. The van der Waals surface area contributed by atoms with E-state index in [1.54, 1.807) is 29.3 Å². The van der Waals surface area contributed by atoms with Gasteiger partial charge in [0.15, 0.2) is 0 Å². The number of aromatic amines is 1. The van der Waals surface area contributed by atoms with Crippen molar-refractivity contribution in [3.63, 3.8) is 0 Å². The number of ether oxygens (including phenoxy) is 1. The summed E-state index contributed by atoms with van der Waals surface area (Å²) in [5.74, 6) is -0.275. The Bertz CT molecular complexity index is 1200. The zero-order valence-electron chi connectivity index (χ0n) is 18.4. The number of H-pyrrole nitrogens is 1. The van der Waals surface area contributed by atoms with E-state index in [-0.39, 0.29) is 23.6 Å². The molecule has 8 nitrogen and oxygen atoms in total. The molecule has 5 rings (SSSR count). The third-order valence-corrected chi connectivity index (χ3v) is 6.66. The van der Waals surface area contributed by atoms with Crippen LogP contribution >= 0.6 is 11.6 Å². The molecule has 10 heteroatoms. The quantitative estimate of drug-likeness (QED) is 0.493. The Morgan fingerprint density at radius 2 is 2.12 bits per heavy atom. The number of anilines is 1. The number of hydrogen-bond acceptors (Lipinski definition) is 6. The molecule has 178 valence electrons. The average molecular weight is 486 g/mol. The fourth-order valence-corrected chi connectivity index (χ4v) is 4.63. The highest BCUT2D eigenvalue weighted by atomic mass is 35.5. The number of aliphatic hydroxyl groups is 1. The van der Waals surface area contributed by atoms with Crippen LogP contribution in [0.25, 0.3) is 11.4 Å². The van der Waals surface area contributed by atoms with Gasteiger partial charge >= 0.3 is 0 Å². The van der Waals surface area contributed by atoms with E-state index in [2.05, 4.69) is 20.3 Å². The lowest BCUT2D eigenvalue weighted by Gasteiger charge is -2.33. The fraction of sp³-hybridized carbons (Fsp3) is 0.375. The maximum atomic E-state index is 14.0. The first kappa shape index (κ1) is 22.8. The van der Waals surface area contributed by atoms with Gasteiger partial charge in [0.2, 0.25) is 5.95 Å². The summed E-state index contributed by atoms with van der Waals surface area (Å²) in [6, 6.07) is 7.50. The van der Waals surface area contributed by atoms with E-state index in [9.17, 15) is 14.3 Å². The Labute approximate surface area is 201 Å². The van der Waals surface area contributed by atoms with E-state index in [1.807, 2.05) is 0 Å². The number of hydrogen-bond donors (Lipinski definition) is 3. The largest absolute Gasteiger partial charge is 0.394 e. The number of rotatable bonds is 6. The molecule has 0 radical (unpaired) electrons. The van der Waals surface area contributed by atoms with E-state index in [0.717, 1.165) is 37.4 Å². The van der Waals surface area contributed by atoms with E-state index < -0.39 is 11.9 Å². The molecule has 0 saturated carbocycles. The Balaban J connectivity index is 1.37.